The van der Waals surface area contributed by atoms with Crippen LogP contribution in [0.5, 0.6) is 0 Å². The van der Waals surface area contributed by atoms with E-state index in [1.54, 1.807) is 18.2 Å². The molecule has 0 aliphatic heterocycles. The van der Waals surface area contributed by atoms with E-state index in [4.69, 9.17) is 23.2 Å². The first kappa shape index (κ1) is 23.2. The van der Waals surface area contributed by atoms with Crippen LogP contribution in [0.1, 0.15) is 5.56 Å². The predicted octanol–water partition coefficient (Wildman–Crippen LogP) is 2.40. The first-order chi connectivity index (χ1) is 14.0. The Morgan fingerprint density at radius 2 is 1.62 bits per heavy atom. The third-order valence-electron chi connectivity index (χ3n) is 3.85. The molecule has 0 aliphatic rings. The van der Waals surface area contributed by atoms with Gasteiger partial charge < -0.3 is 4.90 Å². The lowest BCUT2D eigenvalue weighted by Gasteiger charge is -2.22. The summed E-state index contributed by atoms with van der Waals surface area (Å²) in [6.07, 6.45) is 1.47. The van der Waals surface area contributed by atoms with Crippen molar-refractivity contribution in [2.24, 2.45) is 5.10 Å². The number of alkyl halides is 2. The maximum atomic E-state index is 12.1. The monoisotopic (exact) mass is 456 g/mol. The molecule has 0 spiro atoms. The van der Waals surface area contributed by atoms with E-state index in [1.807, 2.05) is 24.3 Å². The second kappa shape index (κ2) is 11.8. The van der Waals surface area contributed by atoms with Gasteiger partial charge in [0.1, 0.15) is 0 Å². The lowest BCUT2D eigenvalue weighted by atomic mass is 10.2. The molecule has 7 nitrogen and oxygen atoms in total. The molecular weight excluding hydrogens is 435 g/mol. The molecule has 0 atom stereocenters. The molecule has 2 N–H and O–H groups in total. The van der Waals surface area contributed by atoms with Crippen LogP contribution in [0.3, 0.4) is 0 Å². The third-order valence-corrected chi connectivity index (χ3v) is 5.60. The molecule has 2 rings (SSSR count). The number of hydrazone groups is 1. The normalized spacial score (nSPS) is 11.5. The second-order valence-electron chi connectivity index (χ2n) is 5.89. The number of rotatable bonds is 11. The van der Waals surface area contributed by atoms with Gasteiger partial charge >= 0.3 is 0 Å². The maximum absolute atomic E-state index is 12.1. The first-order valence-corrected chi connectivity index (χ1v) is 11.3. The minimum atomic E-state index is -3.74. The van der Waals surface area contributed by atoms with E-state index in [2.05, 4.69) is 20.1 Å². The number of hydrogen-bond donors (Lipinski definition) is 2. The summed E-state index contributed by atoms with van der Waals surface area (Å²) in [5.74, 6) is 0.424. The van der Waals surface area contributed by atoms with E-state index in [1.165, 1.54) is 18.3 Å². The van der Waals surface area contributed by atoms with E-state index in [9.17, 15) is 13.2 Å². The third kappa shape index (κ3) is 7.66. The van der Waals surface area contributed by atoms with Gasteiger partial charge in [-0.05, 0) is 29.8 Å². The van der Waals surface area contributed by atoms with Gasteiger partial charge in [-0.25, -0.2) is 18.6 Å². The molecule has 10 heteroatoms. The number of nitrogens with one attached hydrogen (secondary N) is 2. The van der Waals surface area contributed by atoms with Crippen LogP contribution in [0.4, 0.5) is 5.69 Å². The van der Waals surface area contributed by atoms with E-state index >= 15 is 0 Å². The van der Waals surface area contributed by atoms with Crippen molar-refractivity contribution in [2.45, 2.75) is 4.90 Å². The van der Waals surface area contributed by atoms with Gasteiger partial charge in [0.25, 0.3) is 5.91 Å². The van der Waals surface area contributed by atoms with Crippen molar-refractivity contribution in [3.05, 3.63) is 60.2 Å². The molecule has 156 valence electrons. The summed E-state index contributed by atoms with van der Waals surface area (Å²) in [6.45, 7) is 0.965. The molecule has 0 saturated carbocycles. The maximum Gasteiger partial charge on any atom is 0.255 e. The standard InChI is InChI=1S/C19H22Cl2N4O3S/c20-10-12-25(13-11-21)17-8-6-16(7-9-17)14-22-24-19(26)15-23-29(27,28)18-4-2-1-3-5-18/h1-9,14,23H,10-13,15H2,(H,24,26). The number of benzene rings is 2. The van der Waals surface area contributed by atoms with Gasteiger partial charge in [0.2, 0.25) is 10.0 Å². The lowest BCUT2D eigenvalue weighted by molar-refractivity contribution is -0.119. The van der Waals surface area contributed by atoms with Gasteiger partial charge in [-0.3, -0.25) is 4.79 Å². The van der Waals surface area contributed by atoms with Crippen molar-refractivity contribution in [3.8, 4) is 0 Å². The number of sulfonamides is 1. The fraction of sp³-hybridized carbons (Fsp3) is 0.263. The van der Waals surface area contributed by atoms with E-state index in [-0.39, 0.29) is 4.90 Å². The lowest BCUT2D eigenvalue weighted by Crippen LogP contribution is -2.34. The van der Waals surface area contributed by atoms with Crippen LogP contribution in [0.25, 0.3) is 0 Å². The quantitative estimate of drug-likeness (QED) is 0.308. The number of anilines is 1. The number of halogens is 2. The summed E-state index contributed by atoms with van der Waals surface area (Å²) in [6, 6.07) is 15.3. The minimum absolute atomic E-state index is 0.0915. The first-order valence-electron chi connectivity index (χ1n) is 8.80. The fourth-order valence-electron chi connectivity index (χ4n) is 2.41. The van der Waals surface area contributed by atoms with Gasteiger partial charge in [0, 0.05) is 30.5 Å². The highest BCUT2D eigenvalue weighted by molar-refractivity contribution is 7.89. The van der Waals surface area contributed by atoms with Crippen molar-refractivity contribution in [1.82, 2.24) is 10.1 Å². The molecule has 0 unspecified atom stereocenters. The fourth-order valence-corrected chi connectivity index (χ4v) is 3.82. The van der Waals surface area contributed by atoms with Crippen LogP contribution in [0, 0.1) is 0 Å². The summed E-state index contributed by atoms with van der Waals surface area (Å²) < 4.78 is 26.4. The van der Waals surface area contributed by atoms with Gasteiger partial charge in [-0.1, -0.05) is 30.3 Å². The summed E-state index contributed by atoms with van der Waals surface area (Å²) in [4.78, 5) is 14.0. The Balaban J connectivity index is 1.85. The Kier molecular flexibility index (Phi) is 9.40. The zero-order chi connectivity index (χ0) is 21.1. The molecule has 0 aliphatic carbocycles. The molecule has 2 aromatic rings. The molecular formula is C19H22Cl2N4O3S. The zero-order valence-electron chi connectivity index (χ0n) is 15.6. The Morgan fingerprint density at radius 1 is 1.00 bits per heavy atom. The Bertz CT molecular complexity index is 901. The van der Waals surface area contributed by atoms with Crippen molar-refractivity contribution in [1.29, 1.82) is 0 Å². The molecule has 2 aromatic carbocycles. The van der Waals surface area contributed by atoms with Crippen molar-refractivity contribution >= 4 is 51.0 Å². The topological polar surface area (TPSA) is 90.9 Å². The van der Waals surface area contributed by atoms with Crippen LogP contribution < -0.4 is 15.0 Å². The molecule has 1 amide bonds. The van der Waals surface area contributed by atoms with Gasteiger partial charge in [0.05, 0.1) is 17.7 Å². The number of carbonyl (C=O) groups is 1. The number of nitrogens with zero attached hydrogens (tertiary/aromatic N) is 2. The average Bonchev–Trinajstić information content (AvgIpc) is 2.73. The highest BCUT2D eigenvalue weighted by atomic mass is 35.5. The van der Waals surface area contributed by atoms with Crippen LogP contribution >= 0.6 is 23.2 Å². The molecule has 0 radical (unpaired) electrons. The van der Waals surface area contributed by atoms with Crippen LogP contribution in [0.2, 0.25) is 0 Å². The SMILES string of the molecule is O=C(CNS(=O)(=O)c1ccccc1)NN=Cc1ccc(N(CCCl)CCCl)cc1. The summed E-state index contributed by atoms with van der Waals surface area (Å²) in [5, 5.41) is 3.85. The Hall–Kier alpha value is -2.13. The molecule has 0 saturated heterocycles. The molecule has 0 aromatic heterocycles. The van der Waals surface area contributed by atoms with Crippen molar-refractivity contribution < 1.29 is 13.2 Å². The Morgan fingerprint density at radius 3 is 2.21 bits per heavy atom. The number of hydrogen-bond acceptors (Lipinski definition) is 5. The van der Waals surface area contributed by atoms with Crippen molar-refractivity contribution in [3.63, 3.8) is 0 Å². The van der Waals surface area contributed by atoms with Crippen LogP contribution in [-0.2, 0) is 14.8 Å². The molecule has 29 heavy (non-hydrogen) atoms. The second-order valence-corrected chi connectivity index (χ2v) is 8.41. The minimum Gasteiger partial charge on any atom is -0.369 e. The molecule has 0 bridgehead atoms. The highest BCUT2D eigenvalue weighted by Crippen LogP contribution is 2.15. The van der Waals surface area contributed by atoms with Crippen molar-refractivity contribution in [2.75, 3.05) is 36.3 Å². The van der Waals surface area contributed by atoms with Crippen LogP contribution in [-0.4, -0.2) is 51.9 Å². The summed E-state index contributed by atoms with van der Waals surface area (Å²) in [7, 11) is -3.74. The molecule has 0 heterocycles. The summed E-state index contributed by atoms with van der Waals surface area (Å²) >= 11 is 11.6. The molecule has 0 fully saturated rings. The number of carbonyl (C=O) groups excluding carboxylic acids is 1. The average molecular weight is 457 g/mol. The Labute approximate surface area is 180 Å². The van der Waals surface area contributed by atoms with Crippen LogP contribution in [0.15, 0.2) is 64.6 Å². The smallest absolute Gasteiger partial charge is 0.255 e. The largest absolute Gasteiger partial charge is 0.369 e. The van der Waals surface area contributed by atoms with E-state index < -0.39 is 22.5 Å². The highest BCUT2D eigenvalue weighted by Gasteiger charge is 2.14. The number of amides is 1. The van der Waals surface area contributed by atoms with Gasteiger partial charge in [-0.15, -0.1) is 23.2 Å². The summed E-state index contributed by atoms with van der Waals surface area (Å²) in [5.41, 5.74) is 4.05. The predicted molar refractivity (Wildman–Crippen MR) is 117 cm³/mol. The zero-order valence-corrected chi connectivity index (χ0v) is 17.9. The van der Waals surface area contributed by atoms with E-state index in [0.29, 0.717) is 24.8 Å². The van der Waals surface area contributed by atoms with Gasteiger partial charge in [-0.2, -0.15) is 5.10 Å². The van der Waals surface area contributed by atoms with E-state index in [0.717, 1.165) is 11.3 Å². The van der Waals surface area contributed by atoms with Gasteiger partial charge in [0.15, 0.2) is 0 Å².